The number of benzene rings is 2. The number of nitrogens with one attached hydrogen (secondary N) is 2. The molecule has 4 aromatic rings. The summed E-state index contributed by atoms with van der Waals surface area (Å²) in [5.41, 5.74) is 7.80. The van der Waals surface area contributed by atoms with Crippen molar-refractivity contribution in [3.8, 4) is 22.5 Å². The number of aromatic carboxylic acids is 2. The Labute approximate surface area is 244 Å². The molecule has 0 aliphatic heterocycles. The summed E-state index contributed by atoms with van der Waals surface area (Å²) in [6.07, 6.45) is -9.00. The van der Waals surface area contributed by atoms with Crippen LogP contribution in [0, 0.1) is 0 Å². The molecule has 10 nitrogen and oxygen atoms in total. The maximum Gasteiger partial charge on any atom is 2.00 e. The summed E-state index contributed by atoms with van der Waals surface area (Å²) in [5, 5.41) is 32.7. The van der Waals surface area contributed by atoms with E-state index in [0.717, 1.165) is 24.3 Å². The summed E-state index contributed by atoms with van der Waals surface area (Å²) in [6, 6.07) is 8.53. The van der Waals surface area contributed by atoms with Crippen molar-refractivity contribution in [3.05, 3.63) is 71.0 Å². The molecule has 0 radical (unpaired) electrons. The van der Waals surface area contributed by atoms with Gasteiger partial charge in [0.05, 0.1) is 34.4 Å². The van der Waals surface area contributed by atoms with Crippen LogP contribution in [0.4, 0.5) is 37.7 Å². The van der Waals surface area contributed by atoms with E-state index in [1.807, 2.05) is 0 Å². The molecule has 2 aromatic carbocycles. The molecule has 0 atom stereocenters. The van der Waals surface area contributed by atoms with Crippen molar-refractivity contribution < 1.29 is 46.1 Å². The number of H-pyrrole nitrogens is 2. The molecular weight excluding hydrogens is 566 g/mol. The Balaban J connectivity index is 0.000000267. The molecule has 6 N–H and O–H groups in total. The minimum absolute atomic E-state index is 0. The van der Waals surface area contributed by atoms with Gasteiger partial charge in [0.2, 0.25) is 0 Å². The van der Waals surface area contributed by atoms with Crippen LogP contribution in [-0.2, 0) is 12.4 Å². The van der Waals surface area contributed by atoms with Crippen molar-refractivity contribution in [1.82, 2.24) is 20.4 Å². The van der Waals surface area contributed by atoms with E-state index in [2.05, 4.69) is 20.4 Å². The molecule has 2 aromatic heterocycles. The maximum atomic E-state index is 12.6. The van der Waals surface area contributed by atoms with Crippen LogP contribution in [-0.4, -0.2) is 70.1 Å². The minimum Gasteiger partial charge on any atom is -0.543 e. The van der Waals surface area contributed by atoms with Crippen molar-refractivity contribution in [2.75, 3.05) is 11.5 Å². The number of aromatic nitrogens is 4. The van der Waals surface area contributed by atoms with Crippen molar-refractivity contribution in [1.29, 1.82) is 0 Å². The fraction of sp³-hybridized carbons (Fsp3) is 0.0909. The molecule has 17 heteroatoms. The zero-order valence-corrected chi connectivity index (χ0v) is 21.5. The molecule has 200 valence electrons. The first-order chi connectivity index (χ1) is 17.6. The molecular formula is C22H14CaF6N6O4. The first-order valence-corrected chi connectivity index (χ1v) is 10.1. The van der Waals surface area contributed by atoms with Crippen LogP contribution in [0.5, 0.6) is 0 Å². The van der Waals surface area contributed by atoms with Gasteiger partial charge in [-0.25, -0.2) is 0 Å². The second kappa shape index (κ2) is 12.0. The van der Waals surface area contributed by atoms with Gasteiger partial charge in [-0.3, -0.25) is 10.2 Å². The number of anilines is 2. The minimum atomic E-state index is -4.50. The maximum absolute atomic E-state index is 12.6. The number of alkyl halides is 6. The summed E-state index contributed by atoms with van der Waals surface area (Å²) in [6.45, 7) is 0. The van der Waals surface area contributed by atoms with E-state index in [1.54, 1.807) is 0 Å². The van der Waals surface area contributed by atoms with Gasteiger partial charge in [0.25, 0.3) is 0 Å². The third-order valence-electron chi connectivity index (χ3n) is 4.94. The number of carbonyl (C=O) groups is 2. The number of nitrogens with two attached hydrogens (primary N) is 2. The van der Waals surface area contributed by atoms with Crippen LogP contribution >= 0.6 is 0 Å². The molecule has 0 aliphatic carbocycles. The summed E-state index contributed by atoms with van der Waals surface area (Å²) in [7, 11) is 0. The smallest absolute Gasteiger partial charge is 0.543 e. The van der Waals surface area contributed by atoms with Gasteiger partial charge in [-0.2, -0.15) is 36.5 Å². The Hall–Kier alpha value is -3.76. The van der Waals surface area contributed by atoms with Crippen LogP contribution in [0.15, 0.2) is 48.5 Å². The Morgan fingerprint density at radius 3 is 1.28 bits per heavy atom. The quantitative estimate of drug-likeness (QED) is 0.207. The van der Waals surface area contributed by atoms with Crippen LogP contribution in [0.1, 0.15) is 32.1 Å². The van der Waals surface area contributed by atoms with Gasteiger partial charge >= 0.3 is 50.1 Å². The van der Waals surface area contributed by atoms with E-state index in [9.17, 15) is 46.1 Å². The number of rotatable bonds is 4. The Bertz CT molecular complexity index is 1390. The zero-order chi connectivity index (χ0) is 28.4. The second-order valence-electron chi connectivity index (χ2n) is 7.45. The predicted molar refractivity (Wildman–Crippen MR) is 121 cm³/mol. The molecule has 0 unspecified atom stereocenters. The number of carboxylic acids is 2. The van der Waals surface area contributed by atoms with Gasteiger partial charge in [0, 0.05) is 11.1 Å². The number of carbonyl (C=O) groups excluding carboxylic acids is 2. The zero-order valence-electron chi connectivity index (χ0n) is 19.3. The normalized spacial score (nSPS) is 11.2. The average Bonchev–Trinajstić information content (AvgIpc) is 3.41. The number of aromatic amines is 2. The van der Waals surface area contributed by atoms with Gasteiger partial charge in [0.15, 0.2) is 0 Å². The summed E-state index contributed by atoms with van der Waals surface area (Å²) >= 11 is 0. The monoisotopic (exact) mass is 580 g/mol. The number of halogens is 6. The van der Waals surface area contributed by atoms with Crippen molar-refractivity contribution in [2.24, 2.45) is 0 Å². The van der Waals surface area contributed by atoms with Gasteiger partial charge in [-0.15, -0.1) is 0 Å². The van der Waals surface area contributed by atoms with Gasteiger partial charge in [-0.1, -0.05) is 24.3 Å². The molecule has 2 heterocycles. The van der Waals surface area contributed by atoms with Gasteiger partial charge in [-0.05, 0) is 24.3 Å². The number of hydrogen-bond donors (Lipinski definition) is 4. The molecule has 0 saturated carbocycles. The first kappa shape index (κ1) is 31.5. The Morgan fingerprint density at radius 2 is 1.03 bits per heavy atom. The third kappa shape index (κ3) is 7.21. The largest absolute Gasteiger partial charge is 2.00 e. The van der Waals surface area contributed by atoms with E-state index in [1.165, 1.54) is 24.3 Å². The topological polar surface area (TPSA) is 190 Å². The van der Waals surface area contributed by atoms with Crippen molar-refractivity contribution >= 4 is 61.1 Å². The second-order valence-corrected chi connectivity index (χ2v) is 7.45. The molecule has 0 spiro atoms. The molecule has 39 heavy (non-hydrogen) atoms. The molecule has 0 aliphatic rings. The predicted octanol–water partition coefficient (Wildman–Crippen LogP) is 1.70. The van der Waals surface area contributed by atoms with Crippen LogP contribution in [0.2, 0.25) is 0 Å². The average molecular weight is 580 g/mol. The summed E-state index contributed by atoms with van der Waals surface area (Å²) < 4.78 is 75.3. The number of carboxylic acid groups (broad SMARTS) is 2. The number of nitrogens with zero attached hydrogens (tertiary/aromatic N) is 2. The molecule has 0 saturated heterocycles. The Kier molecular flexibility index (Phi) is 9.65. The van der Waals surface area contributed by atoms with Crippen LogP contribution in [0.3, 0.4) is 0 Å². The molecule has 0 amide bonds. The Morgan fingerprint density at radius 1 is 0.692 bits per heavy atom. The summed E-state index contributed by atoms with van der Waals surface area (Å²) in [4.78, 5) is 21.3. The van der Waals surface area contributed by atoms with Gasteiger partial charge < -0.3 is 31.3 Å². The number of nitrogen functional groups attached to an aromatic ring is 2. The van der Waals surface area contributed by atoms with Crippen LogP contribution < -0.4 is 21.7 Å². The fourth-order valence-corrected chi connectivity index (χ4v) is 3.14. The first-order valence-electron chi connectivity index (χ1n) is 10.1. The SMILES string of the molecule is Nc1c(-c2cccc(C(F)(F)F)c2)n[nH]c1C(=O)[O-].Nc1c(-c2cccc(C(F)(F)F)c2)n[nH]c1C(=O)[O-].[Ca+2]. The van der Waals surface area contributed by atoms with E-state index < -0.39 is 46.8 Å². The van der Waals surface area contributed by atoms with Crippen molar-refractivity contribution in [2.45, 2.75) is 12.4 Å². The van der Waals surface area contributed by atoms with Gasteiger partial charge in [0.1, 0.15) is 22.8 Å². The molecule has 4 rings (SSSR count). The summed E-state index contributed by atoms with van der Waals surface area (Å²) in [5.74, 6) is -3.16. The standard InChI is InChI=1S/2C11H8F3N3O2.Ca/c2*12-11(13,14)6-3-1-2-5(4-6)8-7(15)9(10(18)19)17-16-8;/h2*1-4H,15H2,(H,16,17)(H,18,19);/q;;+2/p-2. The third-order valence-corrected chi connectivity index (χ3v) is 4.94. The number of hydrogen-bond acceptors (Lipinski definition) is 8. The van der Waals surface area contributed by atoms with E-state index in [4.69, 9.17) is 11.5 Å². The molecule has 0 bridgehead atoms. The van der Waals surface area contributed by atoms with E-state index in [-0.39, 0.29) is 71.6 Å². The van der Waals surface area contributed by atoms with E-state index >= 15 is 0 Å². The fourth-order valence-electron chi connectivity index (χ4n) is 3.14. The molecule has 0 fully saturated rings. The van der Waals surface area contributed by atoms with E-state index in [0.29, 0.717) is 0 Å². The van der Waals surface area contributed by atoms with Crippen molar-refractivity contribution in [3.63, 3.8) is 0 Å². The van der Waals surface area contributed by atoms with Crippen LogP contribution in [0.25, 0.3) is 22.5 Å².